The van der Waals surface area contributed by atoms with E-state index < -0.39 is 0 Å². The number of aryl methyl sites for hydroxylation is 1. The molecule has 4 aromatic rings. The zero-order valence-corrected chi connectivity index (χ0v) is 15.4. The first kappa shape index (κ1) is 17.0. The highest BCUT2D eigenvalue weighted by Crippen LogP contribution is 2.10. The summed E-state index contributed by atoms with van der Waals surface area (Å²) in [6.07, 6.45) is 3.42. The fourth-order valence-corrected chi connectivity index (χ4v) is 3.34. The van der Waals surface area contributed by atoms with Crippen LogP contribution in [-0.2, 0) is 6.54 Å². The van der Waals surface area contributed by atoms with E-state index in [1.807, 2.05) is 22.2 Å². The van der Waals surface area contributed by atoms with Gasteiger partial charge in [0.25, 0.3) is 5.91 Å². The predicted molar refractivity (Wildman–Crippen MR) is 102 cm³/mol. The largest absolute Gasteiger partial charge is 0.319 e. The van der Waals surface area contributed by atoms with E-state index >= 15 is 0 Å². The van der Waals surface area contributed by atoms with Crippen molar-refractivity contribution >= 4 is 17.2 Å². The van der Waals surface area contributed by atoms with Crippen molar-refractivity contribution < 1.29 is 4.79 Å². The molecular formula is C19H16N6OS. The first-order valence-corrected chi connectivity index (χ1v) is 9.19. The molecule has 0 atom stereocenters. The van der Waals surface area contributed by atoms with Crippen LogP contribution in [0.5, 0.6) is 0 Å². The Hall–Kier alpha value is -3.39. The summed E-state index contributed by atoms with van der Waals surface area (Å²) in [4.78, 5) is 17.6. The number of aromatic nitrogens is 5. The van der Waals surface area contributed by atoms with Gasteiger partial charge in [-0.2, -0.15) is 4.99 Å². The highest BCUT2D eigenvalue weighted by atomic mass is 32.1. The quantitative estimate of drug-likeness (QED) is 0.548. The number of amides is 1. The van der Waals surface area contributed by atoms with Crippen molar-refractivity contribution in [1.82, 2.24) is 24.8 Å². The highest BCUT2D eigenvalue weighted by molar-refractivity contribution is 7.07. The zero-order chi connectivity index (χ0) is 18.6. The third-order valence-corrected chi connectivity index (χ3v) is 4.83. The van der Waals surface area contributed by atoms with Crippen LogP contribution in [0.1, 0.15) is 21.5 Å². The second kappa shape index (κ2) is 7.46. The van der Waals surface area contributed by atoms with Gasteiger partial charge in [0.2, 0.25) is 0 Å². The lowest BCUT2D eigenvalue weighted by molar-refractivity contribution is 0.0997. The molecule has 27 heavy (non-hydrogen) atoms. The van der Waals surface area contributed by atoms with E-state index in [4.69, 9.17) is 0 Å². The fraction of sp³-hybridized carbons (Fsp3) is 0.105. The molecule has 0 N–H and O–H groups in total. The number of benzene rings is 2. The molecule has 7 nitrogen and oxygen atoms in total. The molecular weight excluding hydrogens is 360 g/mol. The van der Waals surface area contributed by atoms with E-state index in [0.717, 1.165) is 5.56 Å². The Labute approximate surface area is 159 Å². The molecule has 0 bridgehead atoms. The molecule has 0 spiro atoms. The number of nitrogens with zero attached hydrogens (tertiary/aromatic N) is 6. The molecule has 0 aliphatic heterocycles. The first-order valence-electron chi connectivity index (χ1n) is 8.31. The van der Waals surface area contributed by atoms with Crippen molar-refractivity contribution in [2.75, 3.05) is 0 Å². The maximum atomic E-state index is 12.6. The third-order valence-electron chi connectivity index (χ3n) is 4.04. The lowest BCUT2D eigenvalue weighted by atomic mass is 10.1. The van der Waals surface area contributed by atoms with Crippen molar-refractivity contribution in [3.63, 3.8) is 0 Å². The lowest BCUT2D eigenvalue weighted by Gasteiger charge is -2.04. The number of hydrogen-bond acceptors (Lipinski definition) is 5. The van der Waals surface area contributed by atoms with Gasteiger partial charge in [0, 0.05) is 23.7 Å². The summed E-state index contributed by atoms with van der Waals surface area (Å²) in [6.45, 7) is 2.73. The van der Waals surface area contributed by atoms with Crippen LogP contribution in [0.15, 0.2) is 71.4 Å². The summed E-state index contributed by atoms with van der Waals surface area (Å²) in [7, 11) is 0. The predicted octanol–water partition coefficient (Wildman–Crippen LogP) is 2.62. The zero-order valence-electron chi connectivity index (χ0n) is 14.6. The van der Waals surface area contributed by atoms with Crippen LogP contribution in [-0.4, -0.2) is 30.7 Å². The van der Waals surface area contributed by atoms with Gasteiger partial charge < -0.3 is 4.57 Å². The highest BCUT2D eigenvalue weighted by Gasteiger charge is 2.08. The number of tetrazole rings is 1. The maximum absolute atomic E-state index is 12.6. The molecule has 1 amide bonds. The Morgan fingerprint density at radius 3 is 2.81 bits per heavy atom. The van der Waals surface area contributed by atoms with Gasteiger partial charge in [-0.15, -0.1) is 16.4 Å². The van der Waals surface area contributed by atoms with Gasteiger partial charge in [0.1, 0.15) is 6.33 Å². The number of rotatable bonds is 4. The van der Waals surface area contributed by atoms with Crippen LogP contribution in [0, 0.1) is 6.92 Å². The van der Waals surface area contributed by atoms with Crippen molar-refractivity contribution in [3.05, 3.63) is 87.9 Å². The second-order valence-corrected chi connectivity index (χ2v) is 6.89. The molecule has 0 aliphatic carbocycles. The Morgan fingerprint density at radius 2 is 2.04 bits per heavy atom. The monoisotopic (exact) mass is 376 g/mol. The van der Waals surface area contributed by atoms with Gasteiger partial charge in [-0.1, -0.05) is 35.9 Å². The first-order chi connectivity index (χ1) is 13.2. The minimum Gasteiger partial charge on any atom is -0.319 e. The van der Waals surface area contributed by atoms with Gasteiger partial charge in [0.15, 0.2) is 4.80 Å². The van der Waals surface area contributed by atoms with Crippen molar-refractivity contribution in [2.24, 2.45) is 4.99 Å². The molecule has 134 valence electrons. The average molecular weight is 376 g/mol. The van der Waals surface area contributed by atoms with Crippen LogP contribution in [0.2, 0.25) is 0 Å². The van der Waals surface area contributed by atoms with E-state index in [0.29, 0.717) is 22.6 Å². The molecule has 2 aromatic carbocycles. The van der Waals surface area contributed by atoms with Gasteiger partial charge >= 0.3 is 0 Å². The van der Waals surface area contributed by atoms with Crippen LogP contribution >= 0.6 is 11.3 Å². The van der Waals surface area contributed by atoms with Crippen LogP contribution in [0.3, 0.4) is 0 Å². The normalized spacial score (nSPS) is 11.7. The van der Waals surface area contributed by atoms with Gasteiger partial charge in [-0.05, 0) is 41.1 Å². The number of thiazole rings is 1. The van der Waals surface area contributed by atoms with E-state index in [2.05, 4.69) is 51.7 Å². The molecule has 8 heteroatoms. The molecule has 0 aliphatic rings. The lowest BCUT2D eigenvalue weighted by Crippen LogP contribution is -2.17. The molecule has 0 saturated carbocycles. The second-order valence-electron chi connectivity index (χ2n) is 6.02. The number of carbonyl (C=O) groups excluding carboxylic acids is 1. The molecule has 0 fully saturated rings. The van der Waals surface area contributed by atoms with E-state index in [1.165, 1.54) is 27.9 Å². The van der Waals surface area contributed by atoms with Crippen molar-refractivity contribution in [2.45, 2.75) is 13.5 Å². The van der Waals surface area contributed by atoms with E-state index in [1.54, 1.807) is 18.2 Å². The Morgan fingerprint density at radius 1 is 1.19 bits per heavy atom. The molecule has 4 rings (SSSR count). The molecule has 0 unspecified atom stereocenters. The van der Waals surface area contributed by atoms with Crippen molar-refractivity contribution in [3.8, 4) is 5.69 Å². The van der Waals surface area contributed by atoms with Gasteiger partial charge in [-0.25, -0.2) is 4.68 Å². The molecule has 0 radical (unpaired) electrons. The Balaban J connectivity index is 1.61. The third kappa shape index (κ3) is 3.90. The summed E-state index contributed by atoms with van der Waals surface area (Å²) < 4.78 is 3.47. The van der Waals surface area contributed by atoms with E-state index in [-0.39, 0.29) is 5.91 Å². The topological polar surface area (TPSA) is 78.0 Å². The molecule has 0 saturated heterocycles. The standard InChI is InChI=1S/C19H16N6OS/c1-14-5-7-15(8-6-14)12-24-9-10-27-19(24)21-18(26)16-3-2-4-17(11-16)25-13-20-22-23-25/h2-11,13H,12H2,1H3. The van der Waals surface area contributed by atoms with Gasteiger partial charge in [0.05, 0.1) is 5.69 Å². The Bertz CT molecular complexity index is 1130. The summed E-state index contributed by atoms with van der Waals surface area (Å²) in [5, 5.41) is 13.0. The summed E-state index contributed by atoms with van der Waals surface area (Å²) in [6, 6.07) is 15.4. The summed E-state index contributed by atoms with van der Waals surface area (Å²) in [5.74, 6) is -0.301. The smallest absolute Gasteiger partial charge is 0.279 e. The average Bonchev–Trinajstić information content (AvgIpc) is 3.36. The van der Waals surface area contributed by atoms with Crippen LogP contribution in [0.25, 0.3) is 5.69 Å². The minimum atomic E-state index is -0.301. The van der Waals surface area contributed by atoms with Gasteiger partial charge in [-0.3, -0.25) is 4.79 Å². The molecule has 2 heterocycles. The number of carbonyl (C=O) groups is 1. The fourth-order valence-electron chi connectivity index (χ4n) is 2.61. The van der Waals surface area contributed by atoms with Crippen molar-refractivity contribution in [1.29, 1.82) is 0 Å². The van der Waals surface area contributed by atoms with Crippen LogP contribution < -0.4 is 4.80 Å². The van der Waals surface area contributed by atoms with Crippen LogP contribution in [0.4, 0.5) is 0 Å². The van der Waals surface area contributed by atoms with E-state index in [9.17, 15) is 4.79 Å². The Kier molecular flexibility index (Phi) is 4.71. The maximum Gasteiger partial charge on any atom is 0.279 e. The minimum absolute atomic E-state index is 0.301. The molecule has 2 aromatic heterocycles. The number of hydrogen-bond donors (Lipinski definition) is 0. The summed E-state index contributed by atoms with van der Waals surface area (Å²) >= 11 is 1.43. The SMILES string of the molecule is Cc1ccc(Cn2ccsc2=NC(=O)c2cccc(-n3cnnn3)c2)cc1. The summed E-state index contributed by atoms with van der Waals surface area (Å²) in [5.41, 5.74) is 3.57.